The third kappa shape index (κ3) is 4.06. The predicted octanol–water partition coefficient (Wildman–Crippen LogP) is 2.30. The van der Waals surface area contributed by atoms with E-state index < -0.39 is 0 Å². The van der Waals surface area contributed by atoms with E-state index in [2.05, 4.69) is 20.5 Å². The molecule has 0 aliphatic heterocycles. The summed E-state index contributed by atoms with van der Waals surface area (Å²) in [5, 5.41) is 9.23. The number of aromatic nitrogens is 3. The molecule has 7 heteroatoms. The second kappa shape index (κ2) is 7.04. The minimum atomic E-state index is -0.257. The van der Waals surface area contributed by atoms with Crippen molar-refractivity contribution in [3.05, 3.63) is 42.2 Å². The first-order chi connectivity index (χ1) is 9.66. The molecule has 0 aliphatic rings. The van der Waals surface area contributed by atoms with Crippen LogP contribution in [0.15, 0.2) is 35.5 Å². The minimum Gasteiger partial charge on any atom is -0.346 e. The summed E-state index contributed by atoms with van der Waals surface area (Å²) in [5.74, 6) is 0.779. The van der Waals surface area contributed by atoms with Crippen LogP contribution in [0.1, 0.15) is 25.2 Å². The van der Waals surface area contributed by atoms with E-state index in [1.807, 2.05) is 6.92 Å². The molecule has 1 unspecified atom stereocenters. The number of hydrogen-bond acceptors (Lipinski definition) is 4. The summed E-state index contributed by atoms with van der Waals surface area (Å²) in [5.41, 5.74) is 0. The van der Waals surface area contributed by atoms with Crippen molar-refractivity contribution in [2.45, 2.75) is 24.3 Å². The molecule has 1 aromatic carbocycles. The first kappa shape index (κ1) is 14.5. The van der Waals surface area contributed by atoms with Crippen LogP contribution in [0.25, 0.3) is 0 Å². The van der Waals surface area contributed by atoms with Gasteiger partial charge in [-0.2, -0.15) is 5.10 Å². The van der Waals surface area contributed by atoms with Gasteiger partial charge in [0.1, 0.15) is 18.0 Å². The Morgan fingerprint density at radius 3 is 3.00 bits per heavy atom. The second-order valence-electron chi connectivity index (χ2n) is 4.19. The molecule has 2 aromatic rings. The Labute approximate surface area is 120 Å². The maximum atomic E-state index is 13.4. The standard InChI is InChI=1S/C13H15FN4OS/c1-9(13-15-8-16-18-13)17-12(19)6-7-20-11-5-3-2-4-10(11)14/h2-5,8-9H,6-7H2,1H3,(H,17,19)(H,15,16,18). The van der Waals surface area contributed by atoms with Crippen LogP contribution in [0.4, 0.5) is 4.39 Å². The number of benzene rings is 1. The molecule has 1 aromatic heterocycles. The van der Waals surface area contributed by atoms with E-state index in [-0.39, 0.29) is 17.8 Å². The van der Waals surface area contributed by atoms with Gasteiger partial charge in [-0.25, -0.2) is 9.37 Å². The van der Waals surface area contributed by atoms with E-state index in [1.165, 1.54) is 24.2 Å². The number of nitrogens with zero attached hydrogens (tertiary/aromatic N) is 2. The highest BCUT2D eigenvalue weighted by Gasteiger charge is 2.12. The summed E-state index contributed by atoms with van der Waals surface area (Å²) in [6, 6.07) is 6.31. The van der Waals surface area contributed by atoms with Crippen molar-refractivity contribution >= 4 is 17.7 Å². The van der Waals surface area contributed by atoms with Gasteiger partial charge in [0.15, 0.2) is 0 Å². The Balaban J connectivity index is 1.74. The molecule has 5 nitrogen and oxygen atoms in total. The quantitative estimate of drug-likeness (QED) is 0.802. The molecule has 2 rings (SSSR count). The lowest BCUT2D eigenvalue weighted by Gasteiger charge is -2.10. The lowest BCUT2D eigenvalue weighted by molar-refractivity contribution is -0.121. The third-order valence-electron chi connectivity index (χ3n) is 2.64. The van der Waals surface area contributed by atoms with Crippen molar-refractivity contribution < 1.29 is 9.18 Å². The maximum Gasteiger partial charge on any atom is 0.221 e. The average molecular weight is 294 g/mol. The largest absolute Gasteiger partial charge is 0.346 e. The number of carbonyl (C=O) groups excluding carboxylic acids is 1. The highest BCUT2D eigenvalue weighted by Crippen LogP contribution is 2.21. The first-order valence-electron chi connectivity index (χ1n) is 6.19. The second-order valence-corrected chi connectivity index (χ2v) is 5.33. The Kier molecular flexibility index (Phi) is 5.11. The van der Waals surface area contributed by atoms with Crippen molar-refractivity contribution in [3.63, 3.8) is 0 Å². The van der Waals surface area contributed by atoms with Crippen molar-refractivity contribution in [2.24, 2.45) is 0 Å². The third-order valence-corrected chi connectivity index (χ3v) is 3.69. The van der Waals surface area contributed by atoms with E-state index in [4.69, 9.17) is 0 Å². The van der Waals surface area contributed by atoms with Crippen LogP contribution in [-0.2, 0) is 4.79 Å². The van der Waals surface area contributed by atoms with Gasteiger partial charge in [-0.3, -0.25) is 9.89 Å². The zero-order chi connectivity index (χ0) is 14.4. The molecule has 1 atom stereocenters. The highest BCUT2D eigenvalue weighted by atomic mass is 32.2. The van der Waals surface area contributed by atoms with Crippen LogP contribution in [0.5, 0.6) is 0 Å². The number of halogens is 1. The van der Waals surface area contributed by atoms with Gasteiger partial charge in [-0.1, -0.05) is 12.1 Å². The highest BCUT2D eigenvalue weighted by molar-refractivity contribution is 7.99. The molecule has 0 spiro atoms. The number of rotatable bonds is 6. The van der Waals surface area contributed by atoms with Gasteiger partial charge in [0.25, 0.3) is 0 Å². The van der Waals surface area contributed by atoms with Gasteiger partial charge in [0, 0.05) is 17.1 Å². The van der Waals surface area contributed by atoms with Crippen LogP contribution in [0.2, 0.25) is 0 Å². The molecule has 0 aliphatic carbocycles. The van der Waals surface area contributed by atoms with Crippen LogP contribution >= 0.6 is 11.8 Å². The topological polar surface area (TPSA) is 70.7 Å². The number of carbonyl (C=O) groups is 1. The molecule has 0 fully saturated rings. The van der Waals surface area contributed by atoms with Gasteiger partial charge in [0.2, 0.25) is 5.91 Å². The molecule has 1 amide bonds. The molecule has 1 heterocycles. The SMILES string of the molecule is CC(NC(=O)CCSc1ccccc1F)c1ncn[nH]1. The number of nitrogens with one attached hydrogen (secondary N) is 2. The maximum absolute atomic E-state index is 13.4. The monoisotopic (exact) mass is 294 g/mol. The fraction of sp³-hybridized carbons (Fsp3) is 0.308. The molecule has 2 N–H and O–H groups in total. The van der Waals surface area contributed by atoms with Crippen molar-refractivity contribution in [1.82, 2.24) is 20.5 Å². The van der Waals surface area contributed by atoms with E-state index in [0.717, 1.165) is 0 Å². The number of aromatic amines is 1. The van der Waals surface area contributed by atoms with E-state index in [9.17, 15) is 9.18 Å². The van der Waals surface area contributed by atoms with Gasteiger partial charge in [0.05, 0.1) is 6.04 Å². The molecule has 0 saturated carbocycles. The fourth-order valence-electron chi connectivity index (χ4n) is 1.62. The molecule has 0 saturated heterocycles. The number of H-pyrrole nitrogens is 1. The van der Waals surface area contributed by atoms with Crippen LogP contribution < -0.4 is 5.32 Å². The van der Waals surface area contributed by atoms with E-state index >= 15 is 0 Å². The normalized spacial score (nSPS) is 12.1. The van der Waals surface area contributed by atoms with Crippen LogP contribution in [-0.4, -0.2) is 26.8 Å². The zero-order valence-electron chi connectivity index (χ0n) is 11.0. The Bertz CT molecular complexity index is 561. The minimum absolute atomic E-state index is 0.0993. The number of amides is 1. The van der Waals surface area contributed by atoms with E-state index in [0.29, 0.717) is 22.9 Å². The number of hydrogen-bond donors (Lipinski definition) is 2. The zero-order valence-corrected chi connectivity index (χ0v) is 11.8. The lowest BCUT2D eigenvalue weighted by Crippen LogP contribution is -2.27. The van der Waals surface area contributed by atoms with Crippen molar-refractivity contribution in [2.75, 3.05) is 5.75 Å². The first-order valence-corrected chi connectivity index (χ1v) is 7.17. The van der Waals surface area contributed by atoms with Gasteiger partial charge in [-0.15, -0.1) is 11.8 Å². The number of thioether (sulfide) groups is 1. The van der Waals surface area contributed by atoms with Crippen LogP contribution in [0, 0.1) is 5.82 Å². The summed E-state index contributed by atoms with van der Waals surface area (Å²) in [6.45, 7) is 1.82. The average Bonchev–Trinajstić information content (AvgIpc) is 2.95. The molecule has 0 radical (unpaired) electrons. The van der Waals surface area contributed by atoms with Gasteiger partial charge >= 0.3 is 0 Å². The molecular formula is C13H15FN4OS. The van der Waals surface area contributed by atoms with Gasteiger partial charge < -0.3 is 5.32 Å². The van der Waals surface area contributed by atoms with Crippen molar-refractivity contribution in [3.8, 4) is 0 Å². The molecule has 20 heavy (non-hydrogen) atoms. The van der Waals surface area contributed by atoms with E-state index in [1.54, 1.807) is 18.2 Å². The summed E-state index contributed by atoms with van der Waals surface area (Å²) < 4.78 is 13.4. The summed E-state index contributed by atoms with van der Waals surface area (Å²) in [7, 11) is 0. The fourth-order valence-corrected chi connectivity index (χ4v) is 2.51. The Morgan fingerprint density at radius 1 is 1.50 bits per heavy atom. The summed E-state index contributed by atoms with van der Waals surface area (Å²) in [6.07, 6.45) is 1.71. The smallest absolute Gasteiger partial charge is 0.221 e. The lowest BCUT2D eigenvalue weighted by atomic mass is 10.3. The molecule has 106 valence electrons. The van der Waals surface area contributed by atoms with Crippen molar-refractivity contribution in [1.29, 1.82) is 0 Å². The molecule has 0 bridgehead atoms. The van der Waals surface area contributed by atoms with Gasteiger partial charge in [-0.05, 0) is 19.1 Å². The Hall–Kier alpha value is -1.89. The Morgan fingerprint density at radius 2 is 2.30 bits per heavy atom. The predicted molar refractivity (Wildman–Crippen MR) is 74.7 cm³/mol. The summed E-state index contributed by atoms with van der Waals surface area (Å²) >= 11 is 1.33. The summed E-state index contributed by atoms with van der Waals surface area (Å²) in [4.78, 5) is 16.3. The van der Waals surface area contributed by atoms with Crippen LogP contribution in [0.3, 0.4) is 0 Å². The molecular weight excluding hydrogens is 279 g/mol.